The number of carbonyl (C=O) groups excluding carboxylic acids is 1. The molecule has 22 heavy (non-hydrogen) atoms. The van der Waals surface area contributed by atoms with Crippen LogP contribution in [0.3, 0.4) is 0 Å². The quantitative estimate of drug-likeness (QED) is 0.829. The fraction of sp³-hybridized carbons (Fsp3) is 0.154. The maximum absolute atomic E-state index is 12.3. The number of hydrogen-bond donors (Lipinski definition) is 2. The van der Waals surface area contributed by atoms with Crippen LogP contribution < -0.4 is 4.72 Å². The maximum Gasteiger partial charge on any atom is 0.263 e. The van der Waals surface area contributed by atoms with E-state index in [4.69, 9.17) is 16.9 Å². The Hall–Kier alpha value is -2.37. The minimum Gasteiger partial charge on any atom is -0.294 e. The van der Waals surface area contributed by atoms with Crippen molar-refractivity contribution < 1.29 is 13.2 Å². The molecule has 0 aliphatic carbocycles. The van der Waals surface area contributed by atoms with Crippen molar-refractivity contribution in [2.45, 2.75) is 18.7 Å². The van der Waals surface area contributed by atoms with Gasteiger partial charge >= 0.3 is 0 Å². The van der Waals surface area contributed by atoms with E-state index in [0.29, 0.717) is 5.69 Å². The number of halogens is 1. The van der Waals surface area contributed by atoms with E-state index in [2.05, 4.69) is 14.9 Å². The molecule has 1 heterocycles. The Balaban J connectivity index is 2.45. The van der Waals surface area contributed by atoms with Gasteiger partial charge in [-0.3, -0.25) is 14.6 Å². The van der Waals surface area contributed by atoms with E-state index in [1.807, 2.05) is 6.07 Å². The summed E-state index contributed by atoms with van der Waals surface area (Å²) in [6, 6.07) is 5.63. The first-order chi connectivity index (χ1) is 10.3. The van der Waals surface area contributed by atoms with Gasteiger partial charge in [-0.1, -0.05) is 11.6 Å². The van der Waals surface area contributed by atoms with Crippen LogP contribution in [0.15, 0.2) is 23.1 Å². The SMILES string of the molecule is CC(=O)c1cc(S(=O)(=O)Nc2n[nH]c(C)c2C#N)ccc1Cl. The Bertz CT molecular complexity index is 896. The van der Waals surface area contributed by atoms with Crippen LogP contribution in [0.5, 0.6) is 0 Å². The highest BCUT2D eigenvalue weighted by atomic mass is 35.5. The number of ketones is 1. The molecule has 0 atom stereocenters. The summed E-state index contributed by atoms with van der Waals surface area (Å²) in [5.41, 5.74) is 0.647. The molecule has 0 spiro atoms. The number of anilines is 1. The number of rotatable bonds is 4. The van der Waals surface area contributed by atoms with Gasteiger partial charge in [-0.15, -0.1) is 0 Å². The maximum atomic E-state index is 12.3. The van der Waals surface area contributed by atoms with Crippen LogP contribution >= 0.6 is 11.6 Å². The van der Waals surface area contributed by atoms with Crippen LogP contribution in [-0.2, 0) is 10.0 Å². The van der Waals surface area contributed by atoms with Crippen LogP contribution in [0, 0.1) is 18.3 Å². The normalized spacial score (nSPS) is 11.0. The summed E-state index contributed by atoms with van der Waals surface area (Å²) in [4.78, 5) is 11.3. The van der Waals surface area contributed by atoms with Gasteiger partial charge < -0.3 is 0 Å². The summed E-state index contributed by atoms with van der Waals surface area (Å²) in [5.74, 6) is -0.449. The van der Waals surface area contributed by atoms with E-state index in [1.54, 1.807) is 6.92 Å². The molecule has 0 unspecified atom stereocenters. The van der Waals surface area contributed by atoms with Crippen molar-refractivity contribution in [3.05, 3.63) is 40.0 Å². The lowest BCUT2D eigenvalue weighted by atomic mass is 10.1. The van der Waals surface area contributed by atoms with E-state index in [9.17, 15) is 13.2 Å². The summed E-state index contributed by atoms with van der Waals surface area (Å²) in [6.07, 6.45) is 0. The zero-order valence-electron chi connectivity index (χ0n) is 11.6. The average molecular weight is 339 g/mol. The van der Waals surface area contributed by atoms with Crippen molar-refractivity contribution in [1.29, 1.82) is 5.26 Å². The molecule has 1 aromatic carbocycles. The van der Waals surface area contributed by atoms with Crippen molar-refractivity contribution in [3.63, 3.8) is 0 Å². The molecular formula is C13H11ClN4O3S. The molecule has 0 saturated heterocycles. The topological polar surface area (TPSA) is 116 Å². The molecule has 0 bridgehead atoms. The fourth-order valence-electron chi connectivity index (χ4n) is 1.77. The predicted molar refractivity (Wildman–Crippen MR) is 80.3 cm³/mol. The molecule has 0 radical (unpaired) electrons. The number of carbonyl (C=O) groups is 1. The van der Waals surface area contributed by atoms with E-state index < -0.39 is 10.0 Å². The van der Waals surface area contributed by atoms with Crippen LogP contribution in [0.25, 0.3) is 0 Å². The second kappa shape index (κ2) is 5.79. The Morgan fingerprint density at radius 1 is 1.45 bits per heavy atom. The zero-order chi connectivity index (χ0) is 16.5. The minimum atomic E-state index is -4.00. The summed E-state index contributed by atoms with van der Waals surface area (Å²) in [5, 5.41) is 15.4. The van der Waals surface area contributed by atoms with Gasteiger partial charge in [-0.05, 0) is 32.0 Å². The number of sulfonamides is 1. The van der Waals surface area contributed by atoms with Crippen molar-refractivity contribution in [2.75, 3.05) is 4.72 Å². The van der Waals surface area contributed by atoms with E-state index >= 15 is 0 Å². The number of benzene rings is 1. The van der Waals surface area contributed by atoms with Crippen LogP contribution in [-0.4, -0.2) is 24.4 Å². The number of aromatic amines is 1. The predicted octanol–water partition coefficient (Wildman–Crippen LogP) is 2.25. The third kappa shape index (κ3) is 2.95. The van der Waals surface area contributed by atoms with Crippen molar-refractivity contribution in [2.24, 2.45) is 0 Å². The lowest BCUT2D eigenvalue weighted by molar-refractivity contribution is 0.101. The first-order valence-corrected chi connectivity index (χ1v) is 7.90. The van der Waals surface area contributed by atoms with Crippen LogP contribution in [0.2, 0.25) is 5.02 Å². The number of nitriles is 1. The third-order valence-corrected chi connectivity index (χ3v) is 4.58. The number of hydrogen-bond acceptors (Lipinski definition) is 5. The van der Waals surface area contributed by atoms with Crippen LogP contribution in [0.1, 0.15) is 28.5 Å². The first-order valence-electron chi connectivity index (χ1n) is 6.04. The number of Topliss-reactive ketones (excluding diaryl/α,β-unsaturated/α-hetero) is 1. The Labute approximate surface area is 132 Å². The van der Waals surface area contributed by atoms with E-state index in [-0.39, 0.29) is 32.6 Å². The Morgan fingerprint density at radius 2 is 2.14 bits per heavy atom. The molecular weight excluding hydrogens is 328 g/mol. The summed E-state index contributed by atoms with van der Waals surface area (Å²) in [7, 11) is -4.00. The molecule has 1 aromatic heterocycles. The van der Waals surface area contributed by atoms with Gasteiger partial charge in [-0.25, -0.2) is 8.42 Å². The van der Waals surface area contributed by atoms with Gasteiger partial charge in [-0.2, -0.15) is 10.4 Å². The van der Waals surface area contributed by atoms with Gasteiger partial charge in [0.1, 0.15) is 11.6 Å². The Kier molecular flexibility index (Phi) is 4.21. The molecule has 114 valence electrons. The smallest absolute Gasteiger partial charge is 0.263 e. The molecule has 2 aromatic rings. The second-order valence-corrected chi connectivity index (χ2v) is 6.58. The van der Waals surface area contributed by atoms with Gasteiger partial charge in [0.25, 0.3) is 10.0 Å². The second-order valence-electron chi connectivity index (χ2n) is 4.49. The molecule has 0 fully saturated rings. The lowest BCUT2D eigenvalue weighted by Crippen LogP contribution is -2.14. The zero-order valence-corrected chi connectivity index (χ0v) is 13.2. The molecule has 9 heteroatoms. The molecule has 0 aliphatic rings. The highest BCUT2D eigenvalue weighted by Crippen LogP contribution is 2.24. The largest absolute Gasteiger partial charge is 0.294 e. The van der Waals surface area contributed by atoms with Crippen molar-refractivity contribution in [3.8, 4) is 6.07 Å². The number of nitrogens with zero attached hydrogens (tertiary/aromatic N) is 2. The van der Waals surface area contributed by atoms with Gasteiger partial charge in [0.2, 0.25) is 0 Å². The van der Waals surface area contributed by atoms with E-state index in [0.717, 1.165) is 0 Å². The van der Waals surface area contributed by atoms with E-state index in [1.165, 1.54) is 25.1 Å². The number of nitrogens with one attached hydrogen (secondary N) is 2. The van der Waals surface area contributed by atoms with Gasteiger partial charge in [0.05, 0.1) is 15.6 Å². The Morgan fingerprint density at radius 3 is 2.73 bits per heavy atom. The lowest BCUT2D eigenvalue weighted by Gasteiger charge is -2.08. The monoisotopic (exact) mass is 338 g/mol. The molecule has 2 N–H and O–H groups in total. The van der Waals surface area contributed by atoms with Gasteiger partial charge in [0, 0.05) is 5.56 Å². The molecule has 2 rings (SSSR count). The average Bonchev–Trinajstić information content (AvgIpc) is 2.78. The summed E-state index contributed by atoms with van der Waals surface area (Å²) >= 11 is 5.86. The van der Waals surface area contributed by atoms with Crippen molar-refractivity contribution in [1.82, 2.24) is 10.2 Å². The molecule has 0 saturated carbocycles. The summed E-state index contributed by atoms with van der Waals surface area (Å²) < 4.78 is 26.9. The summed E-state index contributed by atoms with van der Waals surface area (Å²) in [6.45, 7) is 2.88. The molecule has 7 nitrogen and oxygen atoms in total. The molecule has 0 amide bonds. The van der Waals surface area contributed by atoms with Crippen LogP contribution in [0.4, 0.5) is 5.82 Å². The number of aryl methyl sites for hydroxylation is 1. The number of aromatic nitrogens is 2. The molecule has 0 aliphatic heterocycles. The van der Waals surface area contributed by atoms with Gasteiger partial charge in [0.15, 0.2) is 11.6 Å². The highest BCUT2D eigenvalue weighted by Gasteiger charge is 2.21. The highest BCUT2D eigenvalue weighted by molar-refractivity contribution is 7.92. The third-order valence-electron chi connectivity index (χ3n) is 2.92. The minimum absolute atomic E-state index is 0.0978. The number of H-pyrrole nitrogens is 1. The standard InChI is InChI=1S/C13H11ClN4O3S/c1-7-11(6-15)13(17-16-7)18-22(20,21)9-3-4-12(14)10(5-9)8(2)19/h3-5H,1-2H3,(H2,16,17,18). The van der Waals surface area contributed by atoms with Crippen molar-refractivity contribution >= 4 is 33.2 Å². The fourth-order valence-corrected chi connectivity index (χ4v) is 3.06. The first kappa shape index (κ1) is 16.0.